The van der Waals surface area contributed by atoms with Gasteiger partial charge in [0, 0.05) is 9.35 Å². The molecule has 1 atom stereocenters. The number of carboxylic acids is 1. The number of thiophene rings is 1. The fourth-order valence-electron chi connectivity index (χ4n) is 1.56. The van der Waals surface area contributed by atoms with E-state index in [1.54, 1.807) is 6.07 Å². The van der Waals surface area contributed by atoms with Gasteiger partial charge in [-0.1, -0.05) is 6.07 Å². The smallest absolute Gasteiger partial charge is 0.335 e. The second-order valence-corrected chi connectivity index (χ2v) is 5.82. The molecule has 2 aromatic rings. The summed E-state index contributed by atoms with van der Waals surface area (Å²) >= 11 is 4.63. The second-order valence-electron chi connectivity index (χ2n) is 3.98. The fraction of sp³-hybridized carbons (Fsp3) is 0.0769. The van der Waals surface area contributed by atoms with Gasteiger partial charge in [0.25, 0.3) is 0 Å². The molecule has 7 heteroatoms. The Balaban J connectivity index is 2.14. The van der Waals surface area contributed by atoms with E-state index in [0.717, 1.165) is 4.88 Å². The molecule has 0 spiro atoms. The van der Waals surface area contributed by atoms with Gasteiger partial charge in [0.15, 0.2) is 0 Å². The highest BCUT2D eigenvalue weighted by Gasteiger charge is 2.18. The first kappa shape index (κ1) is 14.7. The number of nitrogens with one attached hydrogen (secondary N) is 1. The Bertz CT molecular complexity index is 643. The molecular weight excluding hydrogens is 344 g/mol. The van der Waals surface area contributed by atoms with Crippen LogP contribution in [0.25, 0.3) is 0 Å². The lowest BCUT2D eigenvalue weighted by molar-refractivity contribution is -0.117. The first-order valence-electron chi connectivity index (χ1n) is 5.61. The van der Waals surface area contributed by atoms with Crippen LogP contribution in [0.3, 0.4) is 0 Å². The SMILES string of the molecule is NC(C(=O)Nc1ccc(C(=O)O)cc1Br)c1cccs1. The van der Waals surface area contributed by atoms with Crippen LogP contribution in [-0.4, -0.2) is 17.0 Å². The highest BCUT2D eigenvalue weighted by atomic mass is 79.9. The average Bonchev–Trinajstić information content (AvgIpc) is 2.93. The summed E-state index contributed by atoms with van der Waals surface area (Å²) in [4.78, 5) is 23.6. The molecule has 0 aliphatic carbocycles. The van der Waals surface area contributed by atoms with Gasteiger partial charge in [-0.25, -0.2) is 4.79 Å². The van der Waals surface area contributed by atoms with Gasteiger partial charge < -0.3 is 16.2 Å². The zero-order valence-corrected chi connectivity index (χ0v) is 12.6. The molecule has 1 amide bonds. The molecule has 0 aliphatic rings. The van der Waals surface area contributed by atoms with Gasteiger partial charge in [0.2, 0.25) is 5.91 Å². The van der Waals surface area contributed by atoms with Crippen LogP contribution >= 0.6 is 27.3 Å². The summed E-state index contributed by atoms with van der Waals surface area (Å²) in [7, 11) is 0. The summed E-state index contributed by atoms with van der Waals surface area (Å²) in [5, 5.41) is 13.4. The van der Waals surface area contributed by atoms with Crippen LogP contribution in [0.4, 0.5) is 5.69 Å². The third-order valence-corrected chi connectivity index (χ3v) is 4.22. The minimum absolute atomic E-state index is 0.137. The molecule has 0 saturated carbocycles. The van der Waals surface area contributed by atoms with E-state index in [1.807, 2.05) is 11.4 Å². The van der Waals surface area contributed by atoms with Gasteiger partial charge in [0.05, 0.1) is 11.3 Å². The predicted octanol–water partition coefficient (Wildman–Crippen LogP) is 2.85. The Morgan fingerprint density at radius 1 is 1.35 bits per heavy atom. The third kappa shape index (κ3) is 3.24. The van der Waals surface area contributed by atoms with Gasteiger partial charge in [0.1, 0.15) is 6.04 Å². The Kier molecular flexibility index (Phi) is 4.53. The maximum Gasteiger partial charge on any atom is 0.335 e. The zero-order chi connectivity index (χ0) is 14.7. The molecule has 5 nitrogen and oxygen atoms in total. The van der Waals surface area contributed by atoms with Crippen LogP contribution in [0.5, 0.6) is 0 Å². The van der Waals surface area contributed by atoms with E-state index in [4.69, 9.17) is 10.8 Å². The van der Waals surface area contributed by atoms with E-state index in [2.05, 4.69) is 21.2 Å². The summed E-state index contributed by atoms with van der Waals surface area (Å²) in [6.45, 7) is 0. The standard InChI is InChI=1S/C13H11BrN2O3S/c14-8-6-7(13(18)19)3-4-9(8)16-12(17)11(15)10-2-1-5-20-10/h1-6,11H,15H2,(H,16,17)(H,18,19). The highest BCUT2D eigenvalue weighted by molar-refractivity contribution is 9.10. The monoisotopic (exact) mass is 354 g/mol. The average molecular weight is 355 g/mol. The molecule has 1 aromatic carbocycles. The Morgan fingerprint density at radius 2 is 2.10 bits per heavy atom. The summed E-state index contributed by atoms with van der Waals surface area (Å²) in [5.74, 6) is -1.38. The van der Waals surface area contributed by atoms with Crippen LogP contribution in [-0.2, 0) is 4.79 Å². The number of benzene rings is 1. The van der Waals surface area contributed by atoms with E-state index in [0.29, 0.717) is 10.2 Å². The van der Waals surface area contributed by atoms with Crippen LogP contribution in [0.15, 0.2) is 40.2 Å². The van der Waals surface area contributed by atoms with Crippen molar-refractivity contribution in [3.05, 3.63) is 50.6 Å². The van der Waals surface area contributed by atoms with Gasteiger partial charge >= 0.3 is 5.97 Å². The number of rotatable bonds is 4. The van der Waals surface area contributed by atoms with Crippen molar-refractivity contribution in [2.45, 2.75) is 6.04 Å². The van der Waals surface area contributed by atoms with Gasteiger partial charge in [-0.3, -0.25) is 4.79 Å². The van der Waals surface area contributed by atoms with Crippen molar-refractivity contribution in [3.63, 3.8) is 0 Å². The number of amides is 1. The third-order valence-electron chi connectivity index (χ3n) is 2.61. The first-order valence-corrected chi connectivity index (χ1v) is 7.29. The number of halogens is 1. The lowest BCUT2D eigenvalue weighted by atomic mass is 10.2. The molecule has 1 heterocycles. The topological polar surface area (TPSA) is 92.4 Å². The van der Waals surface area contributed by atoms with Crippen molar-refractivity contribution in [2.75, 3.05) is 5.32 Å². The molecule has 0 bridgehead atoms. The van der Waals surface area contributed by atoms with E-state index in [9.17, 15) is 9.59 Å². The number of anilines is 1. The molecule has 20 heavy (non-hydrogen) atoms. The Morgan fingerprint density at radius 3 is 2.65 bits per heavy atom. The minimum atomic E-state index is -1.03. The highest BCUT2D eigenvalue weighted by Crippen LogP contribution is 2.25. The van der Waals surface area contributed by atoms with E-state index in [1.165, 1.54) is 29.5 Å². The molecule has 0 fully saturated rings. The molecule has 104 valence electrons. The Labute approximate surface area is 127 Å². The van der Waals surface area contributed by atoms with Crippen molar-refractivity contribution in [1.29, 1.82) is 0 Å². The van der Waals surface area contributed by atoms with Crippen molar-refractivity contribution in [3.8, 4) is 0 Å². The minimum Gasteiger partial charge on any atom is -0.478 e. The van der Waals surface area contributed by atoms with Gasteiger partial charge in [-0.05, 0) is 45.6 Å². The number of hydrogen-bond donors (Lipinski definition) is 3. The summed E-state index contributed by atoms with van der Waals surface area (Å²) in [6, 6.07) is 7.23. The predicted molar refractivity (Wildman–Crippen MR) is 81.0 cm³/mol. The number of nitrogens with two attached hydrogens (primary N) is 1. The second kappa shape index (κ2) is 6.17. The summed E-state index contributed by atoms with van der Waals surface area (Å²) in [5.41, 5.74) is 6.46. The largest absolute Gasteiger partial charge is 0.478 e. The van der Waals surface area contributed by atoms with Crippen molar-refractivity contribution < 1.29 is 14.7 Å². The first-order chi connectivity index (χ1) is 9.49. The van der Waals surface area contributed by atoms with Crippen molar-refractivity contribution >= 4 is 44.8 Å². The summed E-state index contributed by atoms with van der Waals surface area (Å²) < 4.78 is 0.490. The molecule has 1 unspecified atom stereocenters. The number of carboxylic acid groups (broad SMARTS) is 1. The molecule has 1 aromatic heterocycles. The maximum atomic E-state index is 12.0. The van der Waals surface area contributed by atoms with Crippen LogP contribution < -0.4 is 11.1 Å². The van der Waals surface area contributed by atoms with Crippen molar-refractivity contribution in [1.82, 2.24) is 0 Å². The molecule has 2 rings (SSSR count). The van der Waals surface area contributed by atoms with Crippen LogP contribution in [0.1, 0.15) is 21.3 Å². The van der Waals surface area contributed by atoms with Crippen LogP contribution in [0.2, 0.25) is 0 Å². The molecule has 0 saturated heterocycles. The van der Waals surface area contributed by atoms with Crippen molar-refractivity contribution in [2.24, 2.45) is 5.73 Å². The number of hydrogen-bond acceptors (Lipinski definition) is 4. The quantitative estimate of drug-likeness (QED) is 0.786. The van der Waals surface area contributed by atoms with E-state index >= 15 is 0 Å². The van der Waals surface area contributed by atoms with Gasteiger partial charge in [-0.15, -0.1) is 11.3 Å². The molecule has 4 N–H and O–H groups in total. The fourth-order valence-corrected chi connectivity index (χ4v) is 2.76. The maximum absolute atomic E-state index is 12.0. The number of carbonyl (C=O) groups is 2. The van der Waals surface area contributed by atoms with E-state index in [-0.39, 0.29) is 11.5 Å². The molecule has 0 aliphatic heterocycles. The zero-order valence-electron chi connectivity index (χ0n) is 10.2. The lowest BCUT2D eigenvalue weighted by Gasteiger charge is -2.12. The lowest BCUT2D eigenvalue weighted by Crippen LogP contribution is -2.27. The number of carbonyl (C=O) groups excluding carboxylic acids is 1. The normalized spacial score (nSPS) is 11.9. The number of aromatic carboxylic acids is 1. The Hall–Kier alpha value is -1.70. The van der Waals surface area contributed by atoms with Crippen LogP contribution in [0, 0.1) is 0 Å². The van der Waals surface area contributed by atoms with Gasteiger partial charge in [-0.2, -0.15) is 0 Å². The van der Waals surface area contributed by atoms with E-state index < -0.39 is 12.0 Å². The summed E-state index contributed by atoms with van der Waals surface area (Å²) in [6.07, 6.45) is 0. The molecular formula is C13H11BrN2O3S. The molecule has 0 radical (unpaired) electrons.